The predicted octanol–water partition coefficient (Wildman–Crippen LogP) is 1.62. The van der Waals surface area contributed by atoms with Crippen LogP contribution >= 0.6 is 0 Å². The Labute approximate surface area is 108 Å². The van der Waals surface area contributed by atoms with Gasteiger partial charge in [-0.2, -0.15) is 0 Å². The molecular weight excluding hydrogens is 228 g/mol. The summed E-state index contributed by atoms with van der Waals surface area (Å²) in [5.41, 5.74) is 0. The summed E-state index contributed by atoms with van der Waals surface area (Å²) in [7, 11) is 0. The van der Waals surface area contributed by atoms with Crippen LogP contribution in [0.15, 0.2) is 6.07 Å². The molecule has 5 nitrogen and oxygen atoms in total. The van der Waals surface area contributed by atoms with E-state index >= 15 is 0 Å². The van der Waals surface area contributed by atoms with E-state index < -0.39 is 0 Å². The van der Waals surface area contributed by atoms with Gasteiger partial charge in [0.15, 0.2) is 0 Å². The van der Waals surface area contributed by atoms with E-state index in [1.165, 1.54) is 12.8 Å². The van der Waals surface area contributed by atoms with Gasteiger partial charge in [-0.1, -0.05) is 0 Å². The first-order valence-electron chi connectivity index (χ1n) is 6.82. The van der Waals surface area contributed by atoms with Crippen molar-refractivity contribution in [2.75, 3.05) is 43.1 Å². The van der Waals surface area contributed by atoms with Gasteiger partial charge in [-0.15, -0.1) is 0 Å². The van der Waals surface area contributed by atoms with Crippen molar-refractivity contribution in [3.05, 3.63) is 11.9 Å². The lowest BCUT2D eigenvalue weighted by atomic mass is 10.3. The Morgan fingerprint density at radius 1 is 1.33 bits per heavy atom. The molecule has 0 aromatic carbocycles. The summed E-state index contributed by atoms with van der Waals surface area (Å²) in [6, 6.07) is 2.06. The Morgan fingerprint density at radius 2 is 2.11 bits per heavy atom. The van der Waals surface area contributed by atoms with Crippen LogP contribution in [0.2, 0.25) is 0 Å². The molecule has 5 heteroatoms. The first-order chi connectivity index (χ1) is 8.86. The van der Waals surface area contributed by atoms with E-state index in [4.69, 9.17) is 9.72 Å². The van der Waals surface area contributed by atoms with Crippen molar-refractivity contribution >= 4 is 11.6 Å². The van der Waals surface area contributed by atoms with E-state index in [0.29, 0.717) is 5.92 Å². The average molecular weight is 248 g/mol. The molecule has 0 spiro atoms. The molecule has 1 aliphatic carbocycles. The van der Waals surface area contributed by atoms with Crippen LogP contribution in [0.1, 0.15) is 31.5 Å². The Morgan fingerprint density at radius 3 is 2.78 bits per heavy atom. The molecule has 18 heavy (non-hydrogen) atoms. The van der Waals surface area contributed by atoms with Crippen molar-refractivity contribution in [2.24, 2.45) is 0 Å². The van der Waals surface area contributed by atoms with E-state index in [2.05, 4.69) is 28.2 Å². The lowest BCUT2D eigenvalue weighted by Gasteiger charge is -2.28. The fraction of sp³-hybridized carbons (Fsp3) is 0.692. The SMILES string of the molecule is CCNc1cc(N2CCOCC2)nc(C2CC2)n1. The summed E-state index contributed by atoms with van der Waals surface area (Å²) in [5, 5.41) is 3.30. The monoisotopic (exact) mass is 248 g/mol. The number of morpholine rings is 1. The lowest BCUT2D eigenvalue weighted by Crippen LogP contribution is -2.37. The third-order valence-corrected chi connectivity index (χ3v) is 3.37. The van der Waals surface area contributed by atoms with Crippen LogP contribution in [-0.4, -0.2) is 42.8 Å². The summed E-state index contributed by atoms with van der Waals surface area (Å²) in [6.07, 6.45) is 2.47. The highest BCUT2D eigenvalue weighted by Crippen LogP contribution is 2.39. The highest BCUT2D eigenvalue weighted by atomic mass is 16.5. The second-order valence-corrected chi connectivity index (χ2v) is 4.87. The molecule has 2 aliphatic rings. The smallest absolute Gasteiger partial charge is 0.136 e. The molecule has 2 fully saturated rings. The van der Waals surface area contributed by atoms with Crippen molar-refractivity contribution < 1.29 is 4.74 Å². The molecule has 0 bridgehead atoms. The van der Waals surface area contributed by atoms with Crippen molar-refractivity contribution in [3.63, 3.8) is 0 Å². The van der Waals surface area contributed by atoms with Gasteiger partial charge in [0, 0.05) is 31.6 Å². The zero-order valence-corrected chi connectivity index (χ0v) is 10.9. The predicted molar refractivity (Wildman–Crippen MR) is 71.2 cm³/mol. The minimum Gasteiger partial charge on any atom is -0.378 e. The van der Waals surface area contributed by atoms with E-state index in [9.17, 15) is 0 Å². The number of aromatic nitrogens is 2. The van der Waals surface area contributed by atoms with Crippen LogP contribution in [0.4, 0.5) is 11.6 Å². The summed E-state index contributed by atoms with van der Waals surface area (Å²) in [6.45, 7) is 6.41. The van der Waals surface area contributed by atoms with Gasteiger partial charge in [0.05, 0.1) is 13.2 Å². The molecule has 1 saturated heterocycles. The van der Waals surface area contributed by atoms with Crippen molar-refractivity contribution in [1.82, 2.24) is 9.97 Å². The average Bonchev–Trinajstić information content (AvgIpc) is 3.24. The molecule has 1 aliphatic heterocycles. The molecule has 1 aromatic heterocycles. The second kappa shape index (κ2) is 5.10. The fourth-order valence-electron chi connectivity index (χ4n) is 2.20. The van der Waals surface area contributed by atoms with Crippen molar-refractivity contribution in [2.45, 2.75) is 25.7 Å². The molecule has 2 heterocycles. The quantitative estimate of drug-likeness (QED) is 0.877. The maximum absolute atomic E-state index is 5.39. The standard InChI is InChI=1S/C13H20N4O/c1-2-14-11-9-12(17-5-7-18-8-6-17)16-13(15-11)10-3-4-10/h9-10H,2-8H2,1H3,(H,14,15,16). The number of anilines is 2. The zero-order chi connectivity index (χ0) is 12.4. The summed E-state index contributed by atoms with van der Waals surface area (Å²) >= 11 is 0. The maximum Gasteiger partial charge on any atom is 0.136 e. The van der Waals surface area contributed by atoms with E-state index in [0.717, 1.165) is 50.3 Å². The Hall–Kier alpha value is -1.36. The van der Waals surface area contributed by atoms with Crippen molar-refractivity contribution in [3.8, 4) is 0 Å². The second-order valence-electron chi connectivity index (χ2n) is 4.87. The zero-order valence-electron chi connectivity index (χ0n) is 10.9. The Bertz CT molecular complexity index is 413. The molecule has 0 atom stereocenters. The summed E-state index contributed by atoms with van der Waals surface area (Å²) in [5.74, 6) is 3.60. The van der Waals surface area contributed by atoms with E-state index in [1.54, 1.807) is 0 Å². The number of nitrogens with zero attached hydrogens (tertiary/aromatic N) is 3. The van der Waals surface area contributed by atoms with Gasteiger partial charge in [0.2, 0.25) is 0 Å². The largest absolute Gasteiger partial charge is 0.378 e. The topological polar surface area (TPSA) is 50.3 Å². The van der Waals surface area contributed by atoms with Crippen LogP contribution < -0.4 is 10.2 Å². The van der Waals surface area contributed by atoms with Gasteiger partial charge in [-0.05, 0) is 19.8 Å². The molecule has 3 rings (SSSR count). The molecule has 0 unspecified atom stereocenters. The number of hydrogen-bond acceptors (Lipinski definition) is 5. The van der Waals surface area contributed by atoms with Crippen LogP contribution in [0.3, 0.4) is 0 Å². The summed E-state index contributed by atoms with van der Waals surface area (Å²) < 4.78 is 5.39. The van der Waals surface area contributed by atoms with Crippen molar-refractivity contribution in [1.29, 1.82) is 0 Å². The minimum atomic E-state index is 0.586. The molecule has 1 saturated carbocycles. The van der Waals surface area contributed by atoms with Gasteiger partial charge in [-0.25, -0.2) is 9.97 Å². The third-order valence-electron chi connectivity index (χ3n) is 3.37. The first kappa shape index (κ1) is 11.7. The fourth-order valence-corrected chi connectivity index (χ4v) is 2.20. The molecule has 1 aromatic rings. The molecular formula is C13H20N4O. The highest BCUT2D eigenvalue weighted by molar-refractivity contribution is 5.50. The highest BCUT2D eigenvalue weighted by Gasteiger charge is 2.28. The van der Waals surface area contributed by atoms with Crippen LogP contribution in [0.25, 0.3) is 0 Å². The minimum absolute atomic E-state index is 0.586. The lowest BCUT2D eigenvalue weighted by molar-refractivity contribution is 0.122. The van der Waals surface area contributed by atoms with Gasteiger partial charge in [0.25, 0.3) is 0 Å². The molecule has 0 radical (unpaired) electrons. The number of ether oxygens (including phenoxy) is 1. The van der Waals surface area contributed by atoms with Crippen LogP contribution in [0.5, 0.6) is 0 Å². The van der Waals surface area contributed by atoms with Crippen LogP contribution in [0, 0.1) is 0 Å². The normalized spacial score (nSPS) is 19.9. The number of nitrogens with one attached hydrogen (secondary N) is 1. The van der Waals surface area contributed by atoms with E-state index in [1.807, 2.05) is 0 Å². The van der Waals surface area contributed by atoms with Gasteiger partial charge >= 0.3 is 0 Å². The van der Waals surface area contributed by atoms with Crippen LogP contribution in [-0.2, 0) is 4.74 Å². The number of rotatable bonds is 4. The van der Waals surface area contributed by atoms with Gasteiger partial charge in [0.1, 0.15) is 17.5 Å². The first-order valence-corrected chi connectivity index (χ1v) is 6.82. The van der Waals surface area contributed by atoms with E-state index in [-0.39, 0.29) is 0 Å². The van der Waals surface area contributed by atoms with Gasteiger partial charge < -0.3 is 15.0 Å². The Balaban J connectivity index is 1.86. The Kier molecular flexibility index (Phi) is 3.32. The van der Waals surface area contributed by atoms with Gasteiger partial charge in [-0.3, -0.25) is 0 Å². The molecule has 1 N–H and O–H groups in total. The number of hydrogen-bond donors (Lipinski definition) is 1. The molecule has 0 amide bonds. The molecule has 98 valence electrons. The summed E-state index contributed by atoms with van der Waals surface area (Å²) in [4.78, 5) is 11.6. The maximum atomic E-state index is 5.39. The third kappa shape index (κ3) is 2.56.